The van der Waals surface area contributed by atoms with Crippen molar-refractivity contribution in [1.82, 2.24) is 4.57 Å². The second-order valence-corrected chi connectivity index (χ2v) is 15.0. The van der Waals surface area contributed by atoms with Crippen molar-refractivity contribution in [2.45, 2.75) is 0 Å². The average molecular weight is 739 g/mol. The van der Waals surface area contributed by atoms with Crippen molar-refractivity contribution in [1.29, 1.82) is 0 Å². The molecule has 0 aliphatic rings. The Labute approximate surface area is 338 Å². The molecule has 0 bridgehead atoms. The van der Waals surface area contributed by atoms with Crippen molar-refractivity contribution in [2.24, 2.45) is 0 Å². The van der Waals surface area contributed by atoms with Crippen LogP contribution in [0, 0.1) is 0 Å². The fraction of sp³-hybridized carbons (Fsp3) is 0. The van der Waals surface area contributed by atoms with Crippen LogP contribution in [-0.2, 0) is 0 Å². The highest BCUT2D eigenvalue weighted by Gasteiger charge is 2.18. The first-order chi connectivity index (χ1) is 28.8. The molecule has 2 nitrogen and oxygen atoms in total. The van der Waals surface area contributed by atoms with Gasteiger partial charge in [-0.15, -0.1) is 0 Å². The molecule has 0 N–H and O–H groups in total. The molecule has 1 aromatic heterocycles. The van der Waals surface area contributed by atoms with Crippen LogP contribution in [0.3, 0.4) is 0 Å². The molecule has 0 radical (unpaired) electrons. The molecule has 0 unspecified atom stereocenters. The van der Waals surface area contributed by atoms with E-state index in [2.05, 4.69) is 240 Å². The Balaban J connectivity index is 1.08. The van der Waals surface area contributed by atoms with E-state index in [4.69, 9.17) is 0 Å². The summed E-state index contributed by atoms with van der Waals surface area (Å²) in [7, 11) is 0. The second kappa shape index (κ2) is 14.1. The molecule has 0 aliphatic heterocycles. The molecule has 0 amide bonds. The van der Waals surface area contributed by atoms with Gasteiger partial charge in [-0.1, -0.05) is 164 Å². The highest BCUT2D eigenvalue weighted by Crippen LogP contribution is 2.43. The van der Waals surface area contributed by atoms with Crippen molar-refractivity contribution in [3.05, 3.63) is 231 Å². The smallest absolute Gasteiger partial charge is 0.0541 e. The lowest BCUT2D eigenvalue weighted by atomic mass is 9.92. The van der Waals surface area contributed by atoms with Gasteiger partial charge < -0.3 is 9.47 Å². The van der Waals surface area contributed by atoms with Crippen LogP contribution in [0.5, 0.6) is 0 Å². The van der Waals surface area contributed by atoms with Gasteiger partial charge in [-0.25, -0.2) is 0 Å². The summed E-state index contributed by atoms with van der Waals surface area (Å²) in [5, 5.41) is 7.48. The SMILES string of the molecule is c1ccc(N(c2ccc(-c3cccc4ccccc34)cc2)c2ccc(-c3cccc(-n4c5ccccc5c5ccccc54)c3)c(-c3ccc4ccccc4c3)c2)cc1. The third-order valence-electron chi connectivity index (χ3n) is 11.6. The summed E-state index contributed by atoms with van der Waals surface area (Å²) in [5.74, 6) is 0. The second-order valence-electron chi connectivity index (χ2n) is 15.0. The van der Waals surface area contributed by atoms with Gasteiger partial charge in [0, 0.05) is 33.5 Å². The van der Waals surface area contributed by atoms with Gasteiger partial charge in [0.2, 0.25) is 0 Å². The Morgan fingerprint density at radius 2 is 0.845 bits per heavy atom. The number of hydrogen-bond donors (Lipinski definition) is 0. The van der Waals surface area contributed by atoms with E-state index in [9.17, 15) is 0 Å². The molecule has 0 spiro atoms. The number of nitrogens with zero attached hydrogens (tertiary/aromatic N) is 2. The van der Waals surface area contributed by atoms with E-state index in [0.29, 0.717) is 0 Å². The van der Waals surface area contributed by atoms with E-state index in [-0.39, 0.29) is 0 Å². The standard InChI is InChI=1S/C56H38N2/c1-2-19-45(20-3-1)57(46-32-30-41(31-33-46)50-25-13-17-40-15-6-7-22-49(40)50)48-34-35-51(54(38-48)44-29-28-39-14-4-5-16-42(39)36-44)43-18-12-21-47(37-43)58-55-26-10-8-23-52(55)53-24-9-11-27-56(53)58/h1-38H. The topological polar surface area (TPSA) is 8.17 Å². The van der Waals surface area contributed by atoms with Gasteiger partial charge >= 0.3 is 0 Å². The molecule has 0 aliphatic carbocycles. The zero-order valence-electron chi connectivity index (χ0n) is 31.8. The average Bonchev–Trinajstić information content (AvgIpc) is 3.64. The Morgan fingerprint density at radius 1 is 0.276 bits per heavy atom. The van der Waals surface area contributed by atoms with Crippen molar-refractivity contribution in [3.8, 4) is 39.1 Å². The number of hydrogen-bond acceptors (Lipinski definition) is 1. The van der Waals surface area contributed by atoms with Gasteiger partial charge in [0.05, 0.1) is 11.0 Å². The molecule has 272 valence electrons. The van der Waals surface area contributed by atoms with Crippen LogP contribution in [-0.4, -0.2) is 4.57 Å². The van der Waals surface area contributed by atoms with E-state index in [1.165, 1.54) is 76.7 Å². The third-order valence-corrected chi connectivity index (χ3v) is 11.6. The van der Waals surface area contributed by atoms with Crippen LogP contribution < -0.4 is 4.90 Å². The maximum absolute atomic E-state index is 2.40. The van der Waals surface area contributed by atoms with E-state index in [1.54, 1.807) is 0 Å². The first kappa shape index (κ1) is 33.6. The van der Waals surface area contributed by atoms with Crippen LogP contribution in [0.1, 0.15) is 0 Å². The molecule has 11 rings (SSSR count). The summed E-state index contributed by atoms with van der Waals surface area (Å²) >= 11 is 0. The van der Waals surface area contributed by atoms with Crippen LogP contribution >= 0.6 is 0 Å². The minimum absolute atomic E-state index is 1.09. The molecule has 0 saturated heterocycles. The van der Waals surface area contributed by atoms with Gasteiger partial charge in [-0.05, 0) is 122 Å². The van der Waals surface area contributed by atoms with Gasteiger partial charge in [0.15, 0.2) is 0 Å². The first-order valence-corrected chi connectivity index (χ1v) is 19.9. The predicted octanol–water partition coefficient (Wildman–Crippen LogP) is 15.6. The first-order valence-electron chi connectivity index (χ1n) is 19.9. The minimum atomic E-state index is 1.09. The molecule has 0 saturated carbocycles. The zero-order chi connectivity index (χ0) is 38.4. The molecule has 11 aromatic rings. The highest BCUT2D eigenvalue weighted by molar-refractivity contribution is 6.09. The summed E-state index contributed by atoms with van der Waals surface area (Å²) in [6.07, 6.45) is 0. The Morgan fingerprint density at radius 3 is 1.62 bits per heavy atom. The van der Waals surface area contributed by atoms with Crippen LogP contribution in [0.2, 0.25) is 0 Å². The van der Waals surface area contributed by atoms with E-state index >= 15 is 0 Å². The Hall–Kier alpha value is -7.68. The quantitative estimate of drug-likeness (QED) is 0.158. The molecule has 0 fully saturated rings. The van der Waals surface area contributed by atoms with Crippen LogP contribution in [0.4, 0.5) is 17.1 Å². The van der Waals surface area contributed by atoms with Crippen molar-refractivity contribution < 1.29 is 0 Å². The molecular formula is C56H38N2. The molecule has 58 heavy (non-hydrogen) atoms. The van der Waals surface area contributed by atoms with Gasteiger partial charge in [0.25, 0.3) is 0 Å². The Bertz CT molecular complexity index is 3220. The number of anilines is 3. The number of aromatic nitrogens is 1. The summed E-state index contributed by atoms with van der Waals surface area (Å²) < 4.78 is 2.40. The molecule has 0 atom stereocenters. The molecule has 1 heterocycles. The minimum Gasteiger partial charge on any atom is -0.310 e. The molecule has 2 heteroatoms. The number of fused-ring (bicyclic) bond motifs is 5. The van der Waals surface area contributed by atoms with Crippen LogP contribution in [0.15, 0.2) is 231 Å². The molecular weight excluding hydrogens is 701 g/mol. The summed E-state index contributed by atoms with van der Waals surface area (Å²) in [4.78, 5) is 2.37. The largest absolute Gasteiger partial charge is 0.310 e. The van der Waals surface area contributed by atoms with Crippen molar-refractivity contribution in [2.75, 3.05) is 4.90 Å². The van der Waals surface area contributed by atoms with E-state index in [1.807, 2.05) is 0 Å². The number of para-hydroxylation sites is 3. The van der Waals surface area contributed by atoms with Crippen molar-refractivity contribution >= 4 is 60.4 Å². The zero-order valence-corrected chi connectivity index (χ0v) is 31.8. The molecule has 10 aromatic carbocycles. The van der Waals surface area contributed by atoms with Crippen LogP contribution in [0.25, 0.3) is 82.4 Å². The monoisotopic (exact) mass is 738 g/mol. The van der Waals surface area contributed by atoms with Crippen molar-refractivity contribution in [3.63, 3.8) is 0 Å². The van der Waals surface area contributed by atoms with Gasteiger partial charge in [-0.2, -0.15) is 0 Å². The maximum Gasteiger partial charge on any atom is 0.0541 e. The fourth-order valence-electron chi connectivity index (χ4n) is 8.82. The lowest BCUT2D eigenvalue weighted by molar-refractivity contribution is 1.18. The lowest BCUT2D eigenvalue weighted by Gasteiger charge is -2.27. The maximum atomic E-state index is 2.40. The number of benzene rings is 10. The number of rotatable bonds is 7. The summed E-state index contributed by atoms with van der Waals surface area (Å²) in [6, 6.07) is 83.8. The highest BCUT2D eigenvalue weighted by atomic mass is 15.1. The Kier molecular flexibility index (Phi) is 8.19. The summed E-state index contributed by atoms with van der Waals surface area (Å²) in [6.45, 7) is 0. The third kappa shape index (κ3) is 5.82. The van der Waals surface area contributed by atoms with Gasteiger partial charge in [-0.3, -0.25) is 0 Å². The lowest BCUT2D eigenvalue weighted by Crippen LogP contribution is -2.10. The van der Waals surface area contributed by atoms with E-state index in [0.717, 1.165) is 22.7 Å². The fourth-order valence-corrected chi connectivity index (χ4v) is 8.82. The van der Waals surface area contributed by atoms with E-state index < -0.39 is 0 Å². The predicted molar refractivity (Wildman–Crippen MR) is 247 cm³/mol. The van der Waals surface area contributed by atoms with Gasteiger partial charge in [0.1, 0.15) is 0 Å². The normalized spacial score (nSPS) is 11.4. The summed E-state index contributed by atoms with van der Waals surface area (Å²) in [5.41, 5.74) is 14.0.